The molecule has 0 saturated carbocycles. The predicted octanol–water partition coefficient (Wildman–Crippen LogP) is 3.55. The number of hydrogen-bond acceptors (Lipinski definition) is 8. The number of Topliss-reactive ketones (excluding diaryl/α,β-unsaturated/α-hetero) is 1. The minimum atomic E-state index is -0.0921. The van der Waals surface area contributed by atoms with Crippen LogP contribution in [0, 0.1) is 6.92 Å². The quantitative estimate of drug-likeness (QED) is 0.554. The van der Waals surface area contributed by atoms with Gasteiger partial charge in [-0.3, -0.25) is 4.79 Å². The van der Waals surface area contributed by atoms with Gasteiger partial charge >= 0.3 is 0 Å². The van der Waals surface area contributed by atoms with Crippen molar-refractivity contribution in [2.24, 2.45) is 10.2 Å². The molecule has 0 radical (unpaired) electrons. The van der Waals surface area contributed by atoms with E-state index in [-0.39, 0.29) is 11.7 Å². The molecule has 0 fully saturated rings. The lowest BCUT2D eigenvalue weighted by atomic mass is 9.79. The van der Waals surface area contributed by atoms with Gasteiger partial charge in [-0.2, -0.15) is 10.2 Å². The average Bonchev–Trinajstić information content (AvgIpc) is 3.66. The molecular formula is C27H29N9O. The van der Waals surface area contributed by atoms with Crippen molar-refractivity contribution in [1.29, 1.82) is 0 Å². The highest BCUT2D eigenvalue weighted by atomic mass is 16.1. The normalized spacial score (nSPS) is 22.7. The van der Waals surface area contributed by atoms with Crippen LogP contribution in [-0.2, 0) is 6.42 Å². The molecule has 3 aliphatic carbocycles. The number of carbonyl (C=O) groups is 1. The molecule has 2 aromatic heterocycles. The molecule has 0 spiro atoms. The first-order chi connectivity index (χ1) is 18.0. The van der Waals surface area contributed by atoms with Crippen molar-refractivity contribution in [3.8, 4) is 0 Å². The lowest BCUT2D eigenvalue weighted by Gasteiger charge is -2.25. The summed E-state index contributed by atoms with van der Waals surface area (Å²) in [7, 11) is 1.88. The van der Waals surface area contributed by atoms with Gasteiger partial charge in [-0.15, -0.1) is 20.4 Å². The lowest BCUT2D eigenvalue weighted by Crippen LogP contribution is -2.19. The molecule has 1 N–H and O–H groups in total. The van der Waals surface area contributed by atoms with Crippen molar-refractivity contribution in [2.75, 3.05) is 7.05 Å². The van der Waals surface area contributed by atoms with E-state index in [2.05, 4.69) is 49.9 Å². The molecule has 10 nitrogen and oxygen atoms in total. The fourth-order valence-corrected chi connectivity index (χ4v) is 5.97. The maximum Gasteiger partial charge on any atom is 0.192 e. The van der Waals surface area contributed by atoms with E-state index in [0.717, 1.165) is 89.0 Å². The third-order valence-electron chi connectivity index (χ3n) is 7.55. The third kappa shape index (κ3) is 4.02. The van der Waals surface area contributed by atoms with Crippen LogP contribution in [0.15, 0.2) is 64.5 Å². The zero-order valence-electron chi connectivity index (χ0n) is 21.3. The Balaban J connectivity index is 1.52. The summed E-state index contributed by atoms with van der Waals surface area (Å²) in [5.41, 5.74) is 10.3. The Kier molecular flexibility index (Phi) is 5.86. The summed E-state index contributed by atoms with van der Waals surface area (Å²) in [6, 6.07) is 2.21. The van der Waals surface area contributed by atoms with E-state index >= 15 is 0 Å². The van der Waals surface area contributed by atoms with Crippen molar-refractivity contribution in [2.45, 2.75) is 58.3 Å². The monoisotopic (exact) mass is 495 g/mol. The minimum Gasteiger partial charge on any atom is -0.391 e. The second-order valence-corrected chi connectivity index (χ2v) is 9.81. The van der Waals surface area contributed by atoms with Gasteiger partial charge in [0.05, 0.1) is 11.4 Å². The molecule has 188 valence electrons. The Labute approximate surface area is 214 Å². The Morgan fingerprint density at radius 1 is 0.946 bits per heavy atom. The van der Waals surface area contributed by atoms with Gasteiger partial charge in [-0.05, 0) is 75.1 Å². The first kappa shape index (κ1) is 23.2. The number of fused-ring (bicyclic) bond motifs is 3. The van der Waals surface area contributed by atoms with E-state index in [1.54, 1.807) is 34.7 Å². The van der Waals surface area contributed by atoms with Gasteiger partial charge in [0.25, 0.3) is 0 Å². The first-order valence-corrected chi connectivity index (χ1v) is 12.7. The molecule has 0 saturated heterocycles. The van der Waals surface area contributed by atoms with Gasteiger partial charge < -0.3 is 5.32 Å². The number of allylic oxidation sites excluding steroid dienone is 4. The molecule has 0 aliphatic heterocycles. The van der Waals surface area contributed by atoms with Gasteiger partial charge in [-0.1, -0.05) is 11.6 Å². The van der Waals surface area contributed by atoms with Gasteiger partial charge in [0.1, 0.15) is 25.3 Å². The summed E-state index contributed by atoms with van der Waals surface area (Å²) in [5, 5.41) is 28.2. The minimum absolute atomic E-state index is 0.0921. The van der Waals surface area contributed by atoms with Gasteiger partial charge in [0.2, 0.25) is 0 Å². The van der Waals surface area contributed by atoms with E-state index in [1.807, 2.05) is 14.0 Å². The molecule has 0 amide bonds. The van der Waals surface area contributed by atoms with Crippen LogP contribution in [0.25, 0.3) is 0 Å². The Morgan fingerprint density at radius 3 is 2.32 bits per heavy atom. The number of hydrogen-bond donors (Lipinski definition) is 1. The molecule has 3 aromatic rings. The maximum atomic E-state index is 14.2. The molecule has 2 heterocycles. The molecule has 1 aromatic carbocycles. The second-order valence-electron chi connectivity index (χ2n) is 9.81. The summed E-state index contributed by atoms with van der Waals surface area (Å²) >= 11 is 0. The number of nitrogens with zero attached hydrogens (tertiary/aromatic N) is 8. The molecule has 0 bridgehead atoms. The van der Waals surface area contributed by atoms with Gasteiger partial charge in [0.15, 0.2) is 5.78 Å². The Bertz CT molecular complexity index is 1490. The Hall–Kier alpha value is -4.21. The molecule has 37 heavy (non-hydrogen) atoms. The molecule has 1 unspecified atom stereocenters. The van der Waals surface area contributed by atoms with Crippen molar-refractivity contribution < 1.29 is 4.79 Å². The summed E-state index contributed by atoms with van der Waals surface area (Å²) in [6.45, 7) is 4.13. The van der Waals surface area contributed by atoms with E-state index in [9.17, 15) is 4.79 Å². The zero-order valence-corrected chi connectivity index (χ0v) is 21.3. The first-order valence-electron chi connectivity index (χ1n) is 12.7. The maximum absolute atomic E-state index is 14.2. The fraction of sp³-hybridized carbons (Fsp3) is 0.370. The summed E-state index contributed by atoms with van der Waals surface area (Å²) < 4.78 is 3.27. The number of carbonyl (C=O) groups excluding carboxylic acids is 1. The highest BCUT2D eigenvalue weighted by Crippen LogP contribution is 2.49. The molecule has 6 rings (SSSR count). The van der Waals surface area contributed by atoms with Crippen LogP contribution in [0.1, 0.15) is 77.6 Å². The summed E-state index contributed by atoms with van der Waals surface area (Å²) in [6.07, 6.45) is 14.0. The molecule has 3 aliphatic rings. The molecule has 10 heteroatoms. The number of nitrogens with one attached hydrogen (secondary N) is 1. The topological polar surface area (TPSA) is 115 Å². The largest absolute Gasteiger partial charge is 0.391 e. The van der Waals surface area contributed by atoms with Crippen LogP contribution >= 0.6 is 0 Å². The van der Waals surface area contributed by atoms with Gasteiger partial charge in [-0.25, -0.2) is 9.35 Å². The highest BCUT2D eigenvalue weighted by Gasteiger charge is 2.42. The highest BCUT2D eigenvalue weighted by molar-refractivity contribution is 6.19. The van der Waals surface area contributed by atoms with E-state index in [4.69, 9.17) is 5.10 Å². The zero-order chi connectivity index (χ0) is 25.5. The van der Waals surface area contributed by atoms with Gasteiger partial charge in [0, 0.05) is 35.4 Å². The van der Waals surface area contributed by atoms with Crippen LogP contribution in [0.2, 0.25) is 0 Å². The number of rotatable bonds is 4. The standard InChI is InChI=1S/C27H29N9O/c1-16-10-21-25(18-6-4-7-19(11-18)33-35-12-29-30-13-35)24(17(2)28-3)27(37)26(21)20-8-5-9-22(23(16)20)34-36-14-31-32-15-36/h10-15,25,28H,4-9H2,1-3H3. The predicted molar refractivity (Wildman–Crippen MR) is 140 cm³/mol. The van der Waals surface area contributed by atoms with Crippen molar-refractivity contribution in [3.05, 3.63) is 82.1 Å². The second kappa shape index (κ2) is 9.34. The van der Waals surface area contributed by atoms with E-state index < -0.39 is 0 Å². The van der Waals surface area contributed by atoms with Crippen molar-refractivity contribution in [3.63, 3.8) is 0 Å². The number of aromatic nitrogens is 6. The van der Waals surface area contributed by atoms with Crippen molar-refractivity contribution in [1.82, 2.24) is 35.1 Å². The van der Waals surface area contributed by atoms with E-state index in [1.165, 1.54) is 5.57 Å². The fourth-order valence-electron chi connectivity index (χ4n) is 5.97. The Morgan fingerprint density at radius 2 is 1.62 bits per heavy atom. The van der Waals surface area contributed by atoms with Crippen LogP contribution in [0.5, 0.6) is 0 Å². The van der Waals surface area contributed by atoms with Crippen molar-refractivity contribution >= 4 is 17.2 Å². The summed E-state index contributed by atoms with van der Waals surface area (Å²) in [4.78, 5) is 14.2. The number of ketones is 1. The number of aryl methyl sites for hydroxylation is 1. The average molecular weight is 496 g/mol. The van der Waals surface area contributed by atoms with E-state index in [0.29, 0.717) is 0 Å². The van der Waals surface area contributed by atoms with Crippen LogP contribution in [0.4, 0.5) is 0 Å². The lowest BCUT2D eigenvalue weighted by molar-refractivity contribution is 0.103. The molecular weight excluding hydrogens is 466 g/mol. The van der Waals surface area contributed by atoms with Crippen LogP contribution in [0.3, 0.4) is 0 Å². The summed E-state index contributed by atoms with van der Waals surface area (Å²) in [5.74, 6) is 0.0305. The third-order valence-corrected chi connectivity index (χ3v) is 7.55. The smallest absolute Gasteiger partial charge is 0.192 e. The SMILES string of the molecule is CNC(C)=C1C(=O)c2c(cc(C)c3c2CCCC3=Nn2cnnc2)C1C1=CC(=Nn2cnnc2)CCC1. The van der Waals surface area contributed by atoms with Crippen LogP contribution in [-0.4, -0.2) is 54.0 Å². The molecule has 1 atom stereocenters. The van der Waals surface area contributed by atoms with Crippen LogP contribution < -0.4 is 5.32 Å². The number of benzene rings is 1.